The van der Waals surface area contributed by atoms with Crippen LogP contribution < -0.4 is 0 Å². The molecule has 0 bridgehead atoms. The van der Waals surface area contributed by atoms with Crippen LogP contribution >= 0.6 is 11.8 Å². The third-order valence-electron chi connectivity index (χ3n) is 2.13. The van der Waals surface area contributed by atoms with Gasteiger partial charge in [0.15, 0.2) is 0 Å². The third-order valence-corrected chi connectivity index (χ3v) is 3.07. The summed E-state index contributed by atoms with van der Waals surface area (Å²) >= 11 is 1.38. The number of carboxylic acid groups (broad SMARTS) is 1. The van der Waals surface area contributed by atoms with Gasteiger partial charge in [0.2, 0.25) is 0 Å². The summed E-state index contributed by atoms with van der Waals surface area (Å²) in [5.41, 5.74) is 0.669. The van der Waals surface area contributed by atoms with E-state index in [1.807, 2.05) is 6.07 Å². The minimum Gasteiger partial charge on any atom is -0.478 e. The molecule has 90 valence electrons. The Balaban J connectivity index is 2.02. The van der Waals surface area contributed by atoms with E-state index < -0.39 is 5.97 Å². The van der Waals surface area contributed by atoms with Gasteiger partial charge >= 0.3 is 5.97 Å². The van der Waals surface area contributed by atoms with E-state index in [9.17, 15) is 4.79 Å². The Bertz CT molecular complexity index is 616. The van der Waals surface area contributed by atoms with Gasteiger partial charge in [-0.15, -0.1) is 0 Å². The van der Waals surface area contributed by atoms with Crippen LogP contribution in [0.25, 0.3) is 0 Å². The first-order valence-corrected chi connectivity index (χ1v) is 5.97. The van der Waals surface area contributed by atoms with E-state index in [2.05, 4.69) is 4.98 Å². The molecule has 0 saturated heterocycles. The fourth-order valence-corrected chi connectivity index (χ4v) is 2.06. The van der Waals surface area contributed by atoms with E-state index in [-0.39, 0.29) is 5.56 Å². The molecule has 0 fully saturated rings. The fraction of sp³-hybridized carbons (Fsp3) is 0.0833. The Kier molecular flexibility index (Phi) is 3.65. The molecule has 1 N–H and O–H groups in total. The number of nitrogens with zero attached hydrogens (tertiary/aromatic N) is 2. The SMILES string of the molecule is N#Cc1ccnc(SCc2cc(C(=O)O)co2)c1. The molecule has 0 aliphatic heterocycles. The molecule has 0 radical (unpaired) electrons. The molecule has 0 aliphatic carbocycles. The fourth-order valence-electron chi connectivity index (χ4n) is 1.27. The number of aromatic carboxylic acids is 1. The quantitative estimate of drug-likeness (QED) is 0.850. The van der Waals surface area contributed by atoms with Gasteiger partial charge in [0.1, 0.15) is 12.0 Å². The van der Waals surface area contributed by atoms with Crippen LogP contribution in [0.2, 0.25) is 0 Å². The van der Waals surface area contributed by atoms with Gasteiger partial charge in [-0.05, 0) is 18.2 Å². The van der Waals surface area contributed by atoms with Crippen LogP contribution in [0.3, 0.4) is 0 Å². The highest BCUT2D eigenvalue weighted by Crippen LogP contribution is 2.22. The van der Waals surface area contributed by atoms with Crippen molar-refractivity contribution in [3.8, 4) is 6.07 Å². The minimum atomic E-state index is -1.01. The number of aromatic nitrogens is 1. The summed E-state index contributed by atoms with van der Waals surface area (Å²) in [5.74, 6) is 0.0102. The molecule has 0 aliphatic rings. The lowest BCUT2D eigenvalue weighted by Crippen LogP contribution is -1.91. The maximum absolute atomic E-state index is 10.7. The largest absolute Gasteiger partial charge is 0.478 e. The summed E-state index contributed by atoms with van der Waals surface area (Å²) in [5, 5.41) is 18.2. The number of nitriles is 1. The summed E-state index contributed by atoms with van der Waals surface area (Å²) in [6, 6.07) is 6.80. The highest BCUT2D eigenvalue weighted by Gasteiger charge is 2.08. The van der Waals surface area contributed by atoms with Crippen molar-refractivity contribution in [2.24, 2.45) is 0 Å². The van der Waals surface area contributed by atoms with E-state index in [0.717, 1.165) is 0 Å². The van der Waals surface area contributed by atoms with Crippen LogP contribution in [0.1, 0.15) is 21.7 Å². The van der Waals surface area contributed by atoms with Crippen LogP contribution in [0.4, 0.5) is 0 Å². The van der Waals surface area contributed by atoms with Crippen LogP contribution in [0.15, 0.2) is 40.1 Å². The molecule has 2 aromatic heterocycles. The zero-order chi connectivity index (χ0) is 13.0. The highest BCUT2D eigenvalue weighted by atomic mass is 32.2. The molecule has 5 nitrogen and oxygen atoms in total. The number of hydrogen-bond acceptors (Lipinski definition) is 5. The maximum atomic E-state index is 10.7. The molecule has 6 heteroatoms. The number of hydrogen-bond donors (Lipinski definition) is 1. The summed E-state index contributed by atoms with van der Waals surface area (Å²) < 4.78 is 5.11. The van der Waals surface area contributed by atoms with Gasteiger partial charge in [0.05, 0.1) is 28.0 Å². The first-order valence-electron chi connectivity index (χ1n) is 4.98. The molecular formula is C12H8N2O3S. The molecule has 18 heavy (non-hydrogen) atoms. The Labute approximate surface area is 107 Å². The van der Waals surface area contributed by atoms with Crippen LogP contribution in [0.5, 0.6) is 0 Å². The van der Waals surface area contributed by atoms with Gasteiger partial charge in [-0.2, -0.15) is 5.26 Å². The minimum absolute atomic E-state index is 0.129. The summed E-state index contributed by atoms with van der Waals surface area (Å²) in [6.45, 7) is 0. The van der Waals surface area contributed by atoms with Gasteiger partial charge in [-0.1, -0.05) is 11.8 Å². The monoisotopic (exact) mass is 260 g/mol. The van der Waals surface area contributed by atoms with Crippen LogP contribution in [-0.4, -0.2) is 16.1 Å². The number of thioether (sulfide) groups is 1. The van der Waals surface area contributed by atoms with Crippen molar-refractivity contribution in [1.29, 1.82) is 5.26 Å². The Morgan fingerprint density at radius 3 is 3.06 bits per heavy atom. The number of rotatable bonds is 4. The van der Waals surface area contributed by atoms with E-state index >= 15 is 0 Å². The second-order valence-corrected chi connectivity index (χ2v) is 4.39. The molecule has 0 unspecified atom stereocenters. The smallest absolute Gasteiger partial charge is 0.338 e. The van der Waals surface area contributed by atoms with E-state index in [1.165, 1.54) is 24.1 Å². The molecule has 2 heterocycles. The van der Waals surface area contributed by atoms with Crippen molar-refractivity contribution >= 4 is 17.7 Å². The van der Waals surface area contributed by atoms with Gasteiger partial charge in [-0.25, -0.2) is 9.78 Å². The molecule has 0 saturated carbocycles. The van der Waals surface area contributed by atoms with Crippen LogP contribution in [-0.2, 0) is 5.75 Å². The topological polar surface area (TPSA) is 87.1 Å². The van der Waals surface area contributed by atoms with Gasteiger partial charge in [-0.3, -0.25) is 0 Å². The van der Waals surface area contributed by atoms with Gasteiger partial charge < -0.3 is 9.52 Å². The van der Waals surface area contributed by atoms with E-state index in [0.29, 0.717) is 22.1 Å². The average Bonchev–Trinajstić information content (AvgIpc) is 2.85. The van der Waals surface area contributed by atoms with Gasteiger partial charge in [0, 0.05) is 6.20 Å². The van der Waals surface area contributed by atoms with Crippen molar-refractivity contribution in [3.63, 3.8) is 0 Å². The zero-order valence-electron chi connectivity index (χ0n) is 9.16. The molecule has 0 aromatic carbocycles. The first-order chi connectivity index (χ1) is 8.69. The number of carboxylic acids is 1. The number of carbonyl (C=O) groups is 1. The summed E-state index contributed by atoms with van der Waals surface area (Å²) in [6.07, 6.45) is 2.77. The standard InChI is InChI=1S/C12H8N2O3S/c13-5-8-1-2-14-11(3-8)18-7-10-4-9(6-17-10)12(15)16/h1-4,6H,7H2,(H,15,16). The number of furan rings is 1. The maximum Gasteiger partial charge on any atom is 0.338 e. The second kappa shape index (κ2) is 5.38. The van der Waals surface area contributed by atoms with Crippen molar-refractivity contribution in [2.75, 3.05) is 0 Å². The van der Waals surface area contributed by atoms with Gasteiger partial charge in [0.25, 0.3) is 0 Å². The molecule has 0 atom stereocenters. The van der Waals surface area contributed by atoms with Crippen molar-refractivity contribution in [3.05, 3.63) is 47.5 Å². The summed E-state index contributed by atoms with van der Waals surface area (Å²) in [7, 11) is 0. The average molecular weight is 260 g/mol. The van der Waals surface area contributed by atoms with Crippen molar-refractivity contribution in [2.45, 2.75) is 10.8 Å². The lowest BCUT2D eigenvalue weighted by molar-refractivity contribution is 0.0696. The van der Waals surface area contributed by atoms with Crippen molar-refractivity contribution in [1.82, 2.24) is 4.98 Å². The lowest BCUT2D eigenvalue weighted by Gasteiger charge is -1.98. The molecular weight excluding hydrogens is 252 g/mol. The Morgan fingerprint density at radius 2 is 2.39 bits per heavy atom. The summed E-state index contributed by atoms with van der Waals surface area (Å²) in [4.78, 5) is 14.8. The molecule has 0 amide bonds. The second-order valence-electron chi connectivity index (χ2n) is 3.39. The lowest BCUT2D eigenvalue weighted by atomic mass is 10.3. The Hall–Kier alpha value is -2.26. The van der Waals surface area contributed by atoms with Crippen molar-refractivity contribution < 1.29 is 14.3 Å². The predicted octanol–water partition coefficient (Wildman–Crippen LogP) is 2.54. The first kappa shape index (κ1) is 12.2. The normalized spacial score (nSPS) is 9.94. The van der Waals surface area contributed by atoms with E-state index in [4.69, 9.17) is 14.8 Å². The van der Waals surface area contributed by atoms with Crippen LogP contribution in [0, 0.1) is 11.3 Å². The predicted molar refractivity (Wildman–Crippen MR) is 64.2 cm³/mol. The zero-order valence-corrected chi connectivity index (χ0v) is 9.98. The molecule has 2 rings (SSSR count). The Morgan fingerprint density at radius 1 is 1.56 bits per heavy atom. The molecule has 2 aromatic rings. The number of pyridine rings is 1. The molecule has 0 spiro atoms. The third kappa shape index (κ3) is 2.90. The van der Waals surface area contributed by atoms with E-state index in [1.54, 1.807) is 18.3 Å². The highest BCUT2D eigenvalue weighted by molar-refractivity contribution is 7.98.